The Morgan fingerprint density at radius 3 is 2.73 bits per heavy atom. The normalized spacial score (nSPS) is 21.7. The molecule has 0 spiro atoms. The van der Waals surface area contributed by atoms with Crippen molar-refractivity contribution in [3.63, 3.8) is 0 Å². The lowest BCUT2D eigenvalue weighted by Gasteiger charge is -2.25. The van der Waals surface area contributed by atoms with Gasteiger partial charge in [-0.05, 0) is 65.6 Å². The van der Waals surface area contributed by atoms with Crippen molar-refractivity contribution >= 4 is 5.97 Å². The van der Waals surface area contributed by atoms with Gasteiger partial charge in [0, 0.05) is 6.54 Å². The second kappa shape index (κ2) is 7.00. The number of nitrogens with one attached hydrogen (secondary N) is 1. The minimum absolute atomic E-state index is 0.223. The molecule has 0 radical (unpaired) electrons. The summed E-state index contributed by atoms with van der Waals surface area (Å²) in [7, 11) is 1.42. The fourth-order valence-electron chi connectivity index (χ4n) is 3.91. The Labute approximate surface area is 152 Å². The molecule has 0 saturated heterocycles. The van der Waals surface area contributed by atoms with Crippen LogP contribution in [-0.2, 0) is 28.9 Å². The molecule has 0 aliphatic carbocycles. The molecule has 1 unspecified atom stereocenters. The molecular formula is C21H23NO4. The van der Waals surface area contributed by atoms with Gasteiger partial charge in [-0.3, -0.25) is 4.79 Å². The summed E-state index contributed by atoms with van der Waals surface area (Å²) in [5, 5.41) is 12.8. The maximum absolute atomic E-state index is 11.8. The predicted octanol–water partition coefficient (Wildman–Crippen LogP) is 2.69. The van der Waals surface area contributed by atoms with Gasteiger partial charge in [0.2, 0.25) is 0 Å². The highest BCUT2D eigenvalue weighted by Gasteiger charge is 2.27. The molecule has 26 heavy (non-hydrogen) atoms. The van der Waals surface area contributed by atoms with Crippen LogP contribution in [0.1, 0.15) is 34.6 Å². The van der Waals surface area contributed by atoms with E-state index in [1.54, 1.807) is 12.1 Å². The van der Waals surface area contributed by atoms with Crippen LogP contribution in [0.3, 0.4) is 0 Å². The predicted molar refractivity (Wildman–Crippen MR) is 97.5 cm³/mol. The number of esters is 1. The van der Waals surface area contributed by atoms with Crippen molar-refractivity contribution in [2.45, 2.75) is 37.8 Å². The van der Waals surface area contributed by atoms with E-state index in [2.05, 4.69) is 17.4 Å². The topological polar surface area (TPSA) is 67.8 Å². The van der Waals surface area contributed by atoms with E-state index in [1.807, 2.05) is 12.1 Å². The number of ether oxygens (including phenoxy) is 2. The van der Waals surface area contributed by atoms with E-state index in [0.717, 1.165) is 24.2 Å². The van der Waals surface area contributed by atoms with Crippen molar-refractivity contribution in [1.29, 1.82) is 0 Å². The number of hydrogen-bond acceptors (Lipinski definition) is 5. The van der Waals surface area contributed by atoms with Crippen molar-refractivity contribution in [1.82, 2.24) is 5.32 Å². The maximum Gasteiger partial charge on any atom is 0.323 e. The highest BCUT2D eigenvalue weighted by molar-refractivity contribution is 5.76. The zero-order valence-electron chi connectivity index (χ0n) is 14.8. The summed E-state index contributed by atoms with van der Waals surface area (Å²) in [6, 6.07) is 11.5. The number of rotatable bonds is 2. The largest absolute Gasteiger partial charge is 0.508 e. The van der Waals surface area contributed by atoms with E-state index in [4.69, 9.17) is 9.47 Å². The van der Waals surface area contributed by atoms with Gasteiger partial charge in [-0.15, -0.1) is 0 Å². The Morgan fingerprint density at radius 1 is 1.15 bits per heavy atom. The molecule has 136 valence electrons. The Kier molecular flexibility index (Phi) is 4.55. The standard InChI is InChI=1S/C21H23NO4/c1-25-21(24)19-10-15-11-20-16(9-17(15)12-22-19)8-14(6-7-26-20)13-2-4-18(23)5-3-13/h2-5,9,11,14,19,22-23H,6-8,10,12H2,1H3/t14?,19-/m0/s1. The molecule has 2 atom stereocenters. The molecule has 5 heteroatoms. The van der Waals surface area contributed by atoms with Gasteiger partial charge >= 0.3 is 5.97 Å². The summed E-state index contributed by atoms with van der Waals surface area (Å²) in [6.45, 7) is 1.32. The van der Waals surface area contributed by atoms with Crippen molar-refractivity contribution in [3.05, 3.63) is 58.7 Å². The Morgan fingerprint density at radius 2 is 1.96 bits per heavy atom. The minimum Gasteiger partial charge on any atom is -0.508 e. The first kappa shape index (κ1) is 16.9. The molecule has 0 amide bonds. The van der Waals surface area contributed by atoms with Gasteiger partial charge in [-0.2, -0.15) is 0 Å². The van der Waals surface area contributed by atoms with Crippen molar-refractivity contribution in [2.75, 3.05) is 13.7 Å². The lowest BCUT2D eigenvalue weighted by Crippen LogP contribution is -2.42. The zero-order chi connectivity index (χ0) is 18.1. The molecule has 2 N–H and O–H groups in total. The Hall–Kier alpha value is -2.53. The van der Waals surface area contributed by atoms with Gasteiger partial charge in [-0.25, -0.2) is 0 Å². The summed E-state index contributed by atoms with van der Waals surface area (Å²) in [6.07, 6.45) is 2.47. The molecule has 2 aromatic carbocycles. The second-order valence-electron chi connectivity index (χ2n) is 7.02. The van der Waals surface area contributed by atoms with Gasteiger partial charge in [0.1, 0.15) is 17.5 Å². The van der Waals surface area contributed by atoms with Crippen LogP contribution in [0.2, 0.25) is 0 Å². The summed E-state index contributed by atoms with van der Waals surface area (Å²) >= 11 is 0. The molecule has 2 aromatic rings. The van der Waals surface area contributed by atoms with E-state index in [9.17, 15) is 9.90 Å². The van der Waals surface area contributed by atoms with Crippen molar-refractivity contribution < 1.29 is 19.4 Å². The molecule has 0 fully saturated rings. The molecule has 0 aromatic heterocycles. The molecular weight excluding hydrogens is 330 g/mol. The van der Waals surface area contributed by atoms with Crippen LogP contribution in [-0.4, -0.2) is 30.8 Å². The van der Waals surface area contributed by atoms with E-state index in [1.165, 1.54) is 23.8 Å². The lowest BCUT2D eigenvalue weighted by atomic mass is 9.87. The van der Waals surface area contributed by atoms with Gasteiger partial charge < -0.3 is 19.9 Å². The Balaban J connectivity index is 1.60. The lowest BCUT2D eigenvalue weighted by molar-refractivity contribution is -0.143. The second-order valence-corrected chi connectivity index (χ2v) is 7.02. The average Bonchev–Trinajstić information content (AvgIpc) is 2.87. The molecule has 2 aliphatic heterocycles. The SMILES string of the molecule is COC(=O)[C@@H]1Cc2cc3c(cc2CN1)CC(c1ccc(O)cc1)CCO3. The molecule has 4 rings (SSSR count). The minimum atomic E-state index is -0.291. The van der Waals surface area contributed by atoms with E-state index in [0.29, 0.717) is 31.2 Å². The number of benzene rings is 2. The van der Waals surface area contributed by atoms with Crippen molar-refractivity contribution in [3.8, 4) is 11.5 Å². The number of methoxy groups -OCH3 is 1. The monoisotopic (exact) mass is 353 g/mol. The van der Waals surface area contributed by atoms with E-state index < -0.39 is 0 Å². The number of hydrogen-bond donors (Lipinski definition) is 2. The van der Waals surface area contributed by atoms with Crippen molar-refractivity contribution in [2.24, 2.45) is 0 Å². The van der Waals surface area contributed by atoms with Gasteiger partial charge in [0.15, 0.2) is 0 Å². The molecule has 0 bridgehead atoms. The van der Waals surface area contributed by atoms with Crippen LogP contribution in [0, 0.1) is 0 Å². The van der Waals surface area contributed by atoms with Crippen LogP contribution in [0.25, 0.3) is 0 Å². The van der Waals surface area contributed by atoms with Gasteiger partial charge in [0.25, 0.3) is 0 Å². The zero-order valence-corrected chi connectivity index (χ0v) is 14.8. The fraction of sp³-hybridized carbons (Fsp3) is 0.381. The van der Waals surface area contributed by atoms with Crippen LogP contribution in [0.4, 0.5) is 0 Å². The highest BCUT2D eigenvalue weighted by atomic mass is 16.5. The van der Waals surface area contributed by atoms with Crippen LogP contribution in [0.15, 0.2) is 36.4 Å². The first-order valence-electron chi connectivity index (χ1n) is 9.01. The number of carbonyl (C=O) groups excluding carboxylic acids is 1. The fourth-order valence-corrected chi connectivity index (χ4v) is 3.91. The van der Waals surface area contributed by atoms with Crippen LogP contribution < -0.4 is 10.1 Å². The summed E-state index contributed by atoms with van der Waals surface area (Å²) in [5.74, 6) is 1.36. The summed E-state index contributed by atoms with van der Waals surface area (Å²) in [5.41, 5.74) is 4.80. The Bertz CT molecular complexity index is 816. The number of fused-ring (bicyclic) bond motifs is 2. The maximum atomic E-state index is 11.8. The summed E-state index contributed by atoms with van der Waals surface area (Å²) in [4.78, 5) is 11.8. The molecule has 2 aliphatic rings. The number of aromatic hydroxyl groups is 1. The number of phenols is 1. The summed E-state index contributed by atoms with van der Waals surface area (Å²) < 4.78 is 10.9. The van der Waals surface area contributed by atoms with Gasteiger partial charge in [0.05, 0.1) is 13.7 Å². The third-order valence-electron chi connectivity index (χ3n) is 5.39. The van der Waals surface area contributed by atoms with E-state index >= 15 is 0 Å². The first-order valence-corrected chi connectivity index (χ1v) is 9.01. The highest BCUT2D eigenvalue weighted by Crippen LogP contribution is 2.36. The van der Waals surface area contributed by atoms with E-state index in [-0.39, 0.29) is 12.0 Å². The first-order chi connectivity index (χ1) is 12.6. The third-order valence-corrected chi connectivity index (χ3v) is 5.39. The smallest absolute Gasteiger partial charge is 0.323 e. The molecule has 0 saturated carbocycles. The average molecular weight is 353 g/mol. The van der Waals surface area contributed by atoms with Crippen LogP contribution in [0.5, 0.6) is 11.5 Å². The third kappa shape index (κ3) is 3.27. The number of carbonyl (C=O) groups is 1. The molecule has 2 heterocycles. The quantitative estimate of drug-likeness (QED) is 0.813. The number of phenolic OH excluding ortho intramolecular Hbond substituents is 1. The molecule has 5 nitrogen and oxygen atoms in total. The van der Waals surface area contributed by atoms with Gasteiger partial charge in [-0.1, -0.05) is 18.2 Å². The van der Waals surface area contributed by atoms with Crippen LogP contribution >= 0.6 is 0 Å².